The van der Waals surface area contributed by atoms with E-state index in [0.29, 0.717) is 6.54 Å². The molecule has 4 nitrogen and oxygen atoms in total. The largest absolute Gasteiger partial charge is 0.494 e. The van der Waals surface area contributed by atoms with Crippen molar-refractivity contribution in [3.05, 3.63) is 29.3 Å². The summed E-state index contributed by atoms with van der Waals surface area (Å²) >= 11 is 0. The van der Waals surface area contributed by atoms with Crippen molar-refractivity contribution in [3.8, 4) is 5.75 Å². The van der Waals surface area contributed by atoms with Crippen LogP contribution in [0.3, 0.4) is 0 Å². The second-order valence-electron chi connectivity index (χ2n) is 5.55. The van der Waals surface area contributed by atoms with E-state index in [9.17, 15) is 0 Å². The molecule has 1 unspecified atom stereocenters. The first-order valence-corrected chi connectivity index (χ1v) is 7.42. The Labute approximate surface area is 121 Å². The Bertz CT molecular complexity index is 403. The molecular weight excluding hydrogens is 252 g/mol. The van der Waals surface area contributed by atoms with Crippen LogP contribution in [0.1, 0.15) is 17.5 Å². The molecule has 0 saturated carbocycles. The molecule has 2 N–H and O–H groups in total. The highest BCUT2D eigenvalue weighted by Crippen LogP contribution is 2.16. The van der Waals surface area contributed by atoms with Gasteiger partial charge in [0, 0.05) is 26.2 Å². The zero-order chi connectivity index (χ0) is 14.4. The molecule has 1 saturated heterocycles. The molecule has 1 aliphatic heterocycles. The number of nitrogens with two attached hydrogens (primary N) is 1. The topological polar surface area (TPSA) is 47.7 Å². The average Bonchev–Trinajstić information content (AvgIpc) is 2.43. The van der Waals surface area contributed by atoms with Crippen molar-refractivity contribution in [3.63, 3.8) is 0 Å². The van der Waals surface area contributed by atoms with Crippen LogP contribution in [-0.4, -0.2) is 50.4 Å². The molecule has 1 aliphatic rings. The predicted molar refractivity (Wildman–Crippen MR) is 81.3 cm³/mol. The normalized spacial score (nSPS) is 20.1. The van der Waals surface area contributed by atoms with Crippen molar-refractivity contribution in [2.75, 3.05) is 39.4 Å². The summed E-state index contributed by atoms with van der Waals surface area (Å²) in [6.07, 6.45) is 1.23. The summed E-state index contributed by atoms with van der Waals surface area (Å²) in [5.74, 6) is 0.976. The van der Waals surface area contributed by atoms with Crippen molar-refractivity contribution in [1.29, 1.82) is 0 Å². The molecule has 1 aromatic rings. The molecule has 2 rings (SSSR count). The van der Waals surface area contributed by atoms with Crippen molar-refractivity contribution in [1.82, 2.24) is 4.90 Å². The highest BCUT2D eigenvalue weighted by molar-refractivity contribution is 5.32. The molecule has 0 spiro atoms. The maximum Gasteiger partial charge on any atom is 0.119 e. The fourth-order valence-corrected chi connectivity index (χ4v) is 2.62. The van der Waals surface area contributed by atoms with E-state index < -0.39 is 0 Å². The zero-order valence-corrected chi connectivity index (χ0v) is 12.6. The van der Waals surface area contributed by atoms with Crippen LogP contribution in [0, 0.1) is 13.8 Å². The van der Waals surface area contributed by atoms with Gasteiger partial charge in [0.1, 0.15) is 5.75 Å². The van der Waals surface area contributed by atoms with Gasteiger partial charge in [-0.1, -0.05) is 6.07 Å². The first-order valence-electron chi connectivity index (χ1n) is 7.42. The Kier molecular flexibility index (Phi) is 5.83. The molecule has 1 fully saturated rings. The van der Waals surface area contributed by atoms with E-state index in [1.807, 2.05) is 0 Å². The van der Waals surface area contributed by atoms with E-state index in [1.165, 1.54) is 11.1 Å². The number of ether oxygens (including phenoxy) is 2. The Morgan fingerprint density at radius 2 is 2.05 bits per heavy atom. The van der Waals surface area contributed by atoms with Gasteiger partial charge in [-0.15, -0.1) is 0 Å². The number of morpholine rings is 1. The molecular formula is C16H26N2O2. The molecule has 1 aromatic carbocycles. The number of benzene rings is 1. The Hall–Kier alpha value is -1.10. The molecule has 0 aromatic heterocycles. The summed E-state index contributed by atoms with van der Waals surface area (Å²) < 4.78 is 11.4. The van der Waals surface area contributed by atoms with Crippen LogP contribution < -0.4 is 10.5 Å². The Morgan fingerprint density at radius 1 is 1.30 bits per heavy atom. The fourth-order valence-electron chi connectivity index (χ4n) is 2.62. The highest BCUT2D eigenvalue weighted by atomic mass is 16.5. The third-order valence-corrected chi connectivity index (χ3v) is 3.57. The molecule has 4 heteroatoms. The van der Waals surface area contributed by atoms with Gasteiger partial charge in [0.2, 0.25) is 0 Å². The summed E-state index contributed by atoms with van der Waals surface area (Å²) in [7, 11) is 0. The number of nitrogens with zero attached hydrogens (tertiary/aromatic N) is 1. The first-order chi connectivity index (χ1) is 9.67. The van der Waals surface area contributed by atoms with Crippen molar-refractivity contribution in [2.45, 2.75) is 26.4 Å². The van der Waals surface area contributed by atoms with E-state index in [2.05, 4.69) is 36.9 Å². The lowest BCUT2D eigenvalue weighted by molar-refractivity contribution is -0.0241. The van der Waals surface area contributed by atoms with Crippen LogP contribution in [0.25, 0.3) is 0 Å². The van der Waals surface area contributed by atoms with E-state index in [1.54, 1.807) is 0 Å². The van der Waals surface area contributed by atoms with Gasteiger partial charge in [0.05, 0.1) is 19.3 Å². The Morgan fingerprint density at radius 3 is 2.75 bits per heavy atom. The SMILES string of the molecule is Cc1cc(C)cc(OCCCN2CCOC(CN)C2)c1. The van der Waals surface area contributed by atoms with Gasteiger partial charge in [-0.25, -0.2) is 0 Å². The quantitative estimate of drug-likeness (QED) is 0.805. The van der Waals surface area contributed by atoms with Crippen molar-refractivity contribution >= 4 is 0 Å². The van der Waals surface area contributed by atoms with Gasteiger partial charge >= 0.3 is 0 Å². The van der Waals surface area contributed by atoms with E-state index in [-0.39, 0.29) is 6.10 Å². The second kappa shape index (κ2) is 7.62. The zero-order valence-electron chi connectivity index (χ0n) is 12.6. The predicted octanol–water partition coefficient (Wildman–Crippen LogP) is 1.73. The third-order valence-electron chi connectivity index (χ3n) is 3.57. The maximum absolute atomic E-state index is 5.83. The second-order valence-corrected chi connectivity index (χ2v) is 5.55. The van der Waals surface area contributed by atoms with Crippen LogP contribution in [-0.2, 0) is 4.74 Å². The highest BCUT2D eigenvalue weighted by Gasteiger charge is 2.18. The van der Waals surface area contributed by atoms with Crippen LogP contribution in [0.15, 0.2) is 18.2 Å². The molecule has 1 atom stereocenters. The van der Waals surface area contributed by atoms with E-state index in [0.717, 1.165) is 45.0 Å². The van der Waals surface area contributed by atoms with Gasteiger partial charge < -0.3 is 15.2 Å². The molecule has 0 bridgehead atoms. The molecule has 20 heavy (non-hydrogen) atoms. The van der Waals surface area contributed by atoms with E-state index >= 15 is 0 Å². The lowest BCUT2D eigenvalue weighted by Gasteiger charge is -2.32. The maximum atomic E-state index is 5.83. The lowest BCUT2D eigenvalue weighted by atomic mass is 10.1. The number of rotatable bonds is 6. The van der Waals surface area contributed by atoms with Gasteiger partial charge in [-0.05, 0) is 43.5 Å². The van der Waals surface area contributed by atoms with Crippen LogP contribution in [0.4, 0.5) is 0 Å². The minimum atomic E-state index is 0.198. The molecule has 0 aliphatic carbocycles. The number of aryl methyl sites for hydroxylation is 2. The molecule has 112 valence electrons. The fraction of sp³-hybridized carbons (Fsp3) is 0.625. The Balaban J connectivity index is 1.68. The van der Waals surface area contributed by atoms with Crippen molar-refractivity contribution in [2.24, 2.45) is 5.73 Å². The third kappa shape index (κ3) is 4.78. The molecule has 1 heterocycles. The van der Waals surface area contributed by atoms with Crippen LogP contribution in [0.2, 0.25) is 0 Å². The summed E-state index contributed by atoms with van der Waals surface area (Å²) in [6.45, 7) is 9.34. The summed E-state index contributed by atoms with van der Waals surface area (Å²) in [6, 6.07) is 6.34. The van der Waals surface area contributed by atoms with Gasteiger partial charge in [0.25, 0.3) is 0 Å². The number of hydrogen-bond acceptors (Lipinski definition) is 4. The van der Waals surface area contributed by atoms with Gasteiger partial charge in [-0.3, -0.25) is 4.90 Å². The monoisotopic (exact) mass is 278 g/mol. The molecule has 0 amide bonds. The lowest BCUT2D eigenvalue weighted by Crippen LogP contribution is -2.46. The first kappa shape index (κ1) is 15.3. The van der Waals surface area contributed by atoms with Crippen LogP contribution in [0.5, 0.6) is 5.75 Å². The summed E-state index contributed by atoms with van der Waals surface area (Å²) in [4.78, 5) is 2.41. The minimum absolute atomic E-state index is 0.198. The van der Waals surface area contributed by atoms with Gasteiger partial charge in [0.15, 0.2) is 0 Å². The van der Waals surface area contributed by atoms with Crippen LogP contribution >= 0.6 is 0 Å². The standard InChI is InChI=1S/C16H26N2O2/c1-13-8-14(2)10-15(9-13)19-6-3-4-18-5-7-20-16(11-17)12-18/h8-10,16H,3-7,11-12,17H2,1-2H3. The van der Waals surface area contributed by atoms with Crippen molar-refractivity contribution < 1.29 is 9.47 Å². The average molecular weight is 278 g/mol. The summed E-state index contributed by atoms with van der Waals surface area (Å²) in [5.41, 5.74) is 8.15. The molecule has 0 radical (unpaired) electrons. The summed E-state index contributed by atoms with van der Waals surface area (Å²) in [5, 5.41) is 0. The smallest absolute Gasteiger partial charge is 0.119 e. The van der Waals surface area contributed by atoms with E-state index in [4.69, 9.17) is 15.2 Å². The van der Waals surface area contributed by atoms with Gasteiger partial charge in [-0.2, -0.15) is 0 Å². The minimum Gasteiger partial charge on any atom is -0.494 e. The number of hydrogen-bond donors (Lipinski definition) is 1.